The SMILES string of the molecule is Cc1nc2cc(NC(=O)c3c(F)cccc3Cl)ccc2s1. The maximum atomic E-state index is 13.7. The number of carbonyl (C=O) groups excluding carboxylic acids is 1. The van der Waals surface area contributed by atoms with E-state index in [9.17, 15) is 9.18 Å². The standard InChI is InChI=1S/C15H10ClFN2OS/c1-8-18-12-7-9(5-6-13(12)21-8)19-15(20)14-10(16)3-2-4-11(14)17/h2-7H,1H3,(H,19,20). The second-order valence-electron chi connectivity index (χ2n) is 4.47. The second kappa shape index (κ2) is 5.42. The Balaban J connectivity index is 1.92. The Bertz CT molecular complexity index is 827. The van der Waals surface area contributed by atoms with Crippen LogP contribution in [0.15, 0.2) is 36.4 Å². The normalized spacial score (nSPS) is 10.8. The second-order valence-corrected chi connectivity index (χ2v) is 6.11. The summed E-state index contributed by atoms with van der Waals surface area (Å²) in [6, 6.07) is 9.52. The molecule has 0 unspecified atom stereocenters. The predicted molar refractivity (Wildman–Crippen MR) is 83.7 cm³/mol. The molecule has 0 aliphatic heterocycles. The van der Waals surface area contributed by atoms with Crippen LogP contribution in [0.5, 0.6) is 0 Å². The lowest BCUT2D eigenvalue weighted by Gasteiger charge is -2.07. The summed E-state index contributed by atoms with van der Waals surface area (Å²) in [6.07, 6.45) is 0. The number of fused-ring (bicyclic) bond motifs is 1. The minimum atomic E-state index is -0.648. The number of benzene rings is 2. The first-order valence-electron chi connectivity index (χ1n) is 6.17. The number of amides is 1. The highest BCUT2D eigenvalue weighted by atomic mass is 35.5. The van der Waals surface area contributed by atoms with Gasteiger partial charge in [0.2, 0.25) is 0 Å². The zero-order valence-corrected chi connectivity index (χ0v) is 12.6. The van der Waals surface area contributed by atoms with E-state index in [0.717, 1.165) is 15.2 Å². The lowest BCUT2D eigenvalue weighted by atomic mass is 10.2. The minimum Gasteiger partial charge on any atom is -0.322 e. The Morgan fingerprint density at radius 3 is 2.90 bits per heavy atom. The van der Waals surface area contributed by atoms with Crippen LogP contribution in [-0.2, 0) is 0 Å². The van der Waals surface area contributed by atoms with E-state index < -0.39 is 11.7 Å². The van der Waals surface area contributed by atoms with E-state index in [-0.39, 0.29) is 10.6 Å². The first kappa shape index (κ1) is 14.0. The van der Waals surface area contributed by atoms with E-state index in [1.54, 1.807) is 23.5 Å². The molecule has 21 heavy (non-hydrogen) atoms. The predicted octanol–water partition coefficient (Wildman–Crippen LogP) is 4.65. The van der Waals surface area contributed by atoms with Gasteiger partial charge in [-0.15, -0.1) is 11.3 Å². The van der Waals surface area contributed by atoms with Gasteiger partial charge < -0.3 is 5.32 Å². The van der Waals surface area contributed by atoms with Gasteiger partial charge in [0.1, 0.15) is 5.82 Å². The molecular formula is C15H10ClFN2OS. The van der Waals surface area contributed by atoms with Gasteiger partial charge in [0, 0.05) is 5.69 Å². The van der Waals surface area contributed by atoms with Gasteiger partial charge in [0.25, 0.3) is 5.91 Å². The Kier molecular flexibility index (Phi) is 3.61. The fraction of sp³-hybridized carbons (Fsp3) is 0.0667. The highest BCUT2D eigenvalue weighted by Gasteiger charge is 2.16. The van der Waals surface area contributed by atoms with Crippen molar-refractivity contribution in [2.24, 2.45) is 0 Å². The molecule has 0 saturated heterocycles. The molecule has 6 heteroatoms. The van der Waals surface area contributed by atoms with Gasteiger partial charge in [-0.2, -0.15) is 0 Å². The Morgan fingerprint density at radius 1 is 1.33 bits per heavy atom. The van der Waals surface area contributed by atoms with Crippen molar-refractivity contribution in [1.82, 2.24) is 4.98 Å². The summed E-state index contributed by atoms with van der Waals surface area (Å²) in [5.74, 6) is -1.23. The van der Waals surface area contributed by atoms with Gasteiger partial charge in [-0.05, 0) is 37.3 Å². The van der Waals surface area contributed by atoms with Crippen molar-refractivity contribution in [1.29, 1.82) is 0 Å². The maximum Gasteiger partial charge on any atom is 0.260 e. The Morgan fingerprint density at radius 2 is 2.14 bits per heavy atom. The lowest BCUT2D eigenvalue weighted by Crippen LogP contribution is -2.14. The largest absolute Gasteiger partial charge is 0.322 e. The molecule has 0 atom stereocenters. The molecule has 3 rings (SSSR count). The monoisotopic (exact) mass is 320 g/mol. The molecule has 0 saturated carbocycles. The summed E-state index contributed by atoms with van der Waals surface area (Å²) in [5.41, 5.74) is 1.20. The first-order valence-corrected chi connectivity index (χ1v) is 7.36. The molecule has 0 aliphatic carbocycles. The number of nitrogens with one attached hydrogen (secondary N) is 1. The summed E-state index contributed by atoms with van der Waals surface area (Å²) < 4.78 is 14.7. The van der Waals surface area contributed by atoms with Gasteiger partial charge in [-0.3, -0.25) is 4.79 Å². The number of carbonyl (C=O) groups is 1. The fourth-order valence-electron chi connectivity index (χ4n) is 2.03. The number of aryl methyl sites for hydroxylation is 1. The number of hydrogen-bond donors (Lipinski definition) is 1. The molecule has 0 bridgehead atoms. The van der Waals surface area contributed by atoms with Gasteiger partial charge >= 0.3 is 0 Å². The van der Waals surface area contributed by atoms with Crippen LogP contribution in [0.3, 0.4) is 0 Å². The van der Waals surface area contributed by atoms with E-state index in [4.69, 9.17) is 11.6 Å². The van der Waals surface area contributed by atoms with Crippen LogP contribution in [0.2, 0.25) is 5.02 Å². The number of rotatable bonds is 2. The van der Waals surface area contributed by atoms with Crippen LogP contribution in [0, 0.1) is 12.7 Å². The van der Waals surface area contributed by atoms with Crippen molar-refractivity contribution >= 4 is 44.7 Å². The fourth-order valence-corrected chi connectivity index (χ4v) is 3.09. The molecule has 106 valence electrons. The number of nitrogens with zero attached hydrogens (tertiary/aromatic N) is 1. The number of aromatic nitrogens is 1. The van der Waals surface area contributed by atoms with Crippen molar-refractivity contribution in [3.05, 3.63) is 57.8 Å². The highest BCUT2D eigenvalue weighted by molar-refractivity contribution is 7.18. The third kappa shape index (κ3) is 2.75. The minimum absolute atomic E-state index is 0.0816. The quantitative estimate of drug-likeness (QED) is 0.746. The zero-order chi connectivity index (χ0) is 15.0. The van der Waals surface area contributed by atoms with Gasteiger partial charge in [0.05, 0.1) is 25.8 Å². The van der Waals surface area contributed by atoms with E-state index in [1.165, 1.54) is 18.2 Å². The molecule has 0 spiro atoms. The van der Waals surface area contributed by atoms with E-state index in [1.807, 2.05) is 13.0 Å². The van der Waals surface area contributed by atoms with Crippen molar-refractivity contribution in [3.8, 4) is 0 Å². The molecule has 3 nitrogen and oxygen atoms in total. The summed E-state index contributed by atoms with van der Waals surface area (Å²) in [6.45, 7) is 1.92. The summed E-state index contributed by atoms with van der Waals surface area (Å²) in [4.78, 5) is 16.5. The third-order valence-corrected chi connectivity index (χ3v) is 4.21. The number of hydrogen-bond acceptors (Lipinski definition) is 3. The van der Waals surface area contributed by atoms with Crippen LogP contribution in [-0.4, -0.2) is 10.9 Å². The number of halogens is 2. The van der Waals surface area contributed by atoms with Crippen molar-refractivity contribution in [2.75, 3.05) is 5.32 Å². The van der Waals surface area contributed by atoms with Gasteiger partial charge in [-0.1, -0.05) is 17.7 Å². The third-order valence-electron chi connectivity index (χ3n) is 2.94. The van der Waals surface area contributed by atoms with E-state index in [2.05, 4.69) is 10.3 Å². The summed E-state index contributed by atoms with van der Waals surface area (Å²) in [7, 11) is 0. The molecule has 1 aromatic heterocycles. The van der Waals surface area contributed by atoms with E-state index in [0.29, 0.717) is 5.69 Å². The molecule has 3 aromatic rings. The number of thiazole rings is 1. The van der Waals surface area contributed by atoms with Crippen molar-refractivity contribution in [2.45, 2.75) is 6.92 Å². The Labute approximate surface area is 129 Å². The van der Waals surface area contributed by atoms with Crippen molar-refractivity contribution < 1.29 is 9.18 Å². The average molecular weight is 321 g/mol. The molecule has 2 aromatic carbocycles. The van der Waals surface area contributed by atoms with Crippen LogP contribution in [0.4, 0.5) is 10.1 Å². The molecule has 1 amide bonds. The van der Waals surface area contributed by atoms with Crippen LogP contribution in [0.1, 0.15) is 15.4 Å². The molecule has 0 radical (unpaired) electrons. The topological polar surface area (TPSA) is 42.0 Å². The van der Waals surface area contributed by atoms with Crippen LogP contribution >= 0.6 is 22.9 Å². The maximum absolute atomic E-state index is 13.7. The lowest BCUT2D eigenvalue weighted by molar-refractivity contribution is 0.102. The highest BCUT2D eigenvalue weighted by Crippen LogP contribution is 2.25. The Hall–Kier alpha value is -1.98. The zero-order valence-electron chi connectivity index (χ0n) is 11.0. The van der Waals surface area contributed by atoms with Gasteiger partial charge in [0.15, 0.2) is 0 Å². The average Bonchev–Trinajstić information content (AvgIpc) is 2.77. The van der Waals surface area contributed by atoms with Crippen LogP contribution < -0.4 is 5.32 Å². The molecule has 1 N–H and O–H groups in total. The van der Waals surface area contributed by atoms with Gasteiger partial charge in [-0.25, -0.2) is 9.37 Å². The van der Waals surface area contributed by atoms with E-state index >= 15 is 0 Å². The summed E-state index contributed by atoms with van der Waals surface area (Å²) in [5, 5.41) is 3.67. The molecule has 0 aliphatic rings. The number of anilines is 1. The molecule has 1 heterocycles. The van der Waals surface area contributed by atoms with Crippen LogP contribution in [0.25, 0.3) is 10.2 Å². The van der Waals surface area contributed by atoms with Crippen molar-refractivity contribution in [3.63, 3.8) is 0 Å². The molecular weight excluding hydrogens is 311 g/mol. The molecule has 0 fully saturated rings. The smallest absolute Gasteiger partial charge is 0.260 e. The summed E-state index contributed by atoms with van der Waals surface area (Å²) >= 11 is 7.45. The first-order chi connectivity index (χ1) is 10.0.